The average molecular weight is 485 g/mol. The molecule has 0 radical (unpaired) electrons. The number of rotatable bonds is 9. The van der Waals surface area contributed by atoms with Gasteiger partial charge in [0.25, 0.3) is 5.91 Å². The molecule has 7 nitrogen and oxygen atoms in total. The topological polar surface area (TPSA) is 81.8 Å². The quantitative estimate of drug-likeness (QED) is 0.297. The number of amides is 1. The third kappa shape index (κ3) is 4.94. The highest BCUT2D eigenvalue weighted by atomic mass is 35.5. The summed E-state index contributed by atoms with van der Waals surface area (Å²) in [7, 11) is 0. The SMILES string of the molecule is CCOC(=O)c1c(C)c(C(=O)[C@@H](C)N(Cc2ccco2)C(=O)c2ccc(Cl)cc2)c(C)n1CC. The fourth-order valence-corrected chi connectivity index (χ4v) is 4.31. The Morgan fingerprint density at radius 1 is 1.12 bits per heavy atom. The lowest BCUT2D eigenvalue weighted by atomic mass is 9.99. The zero-order chi connectivity index (χ0) is 25.0. The maximum absolute atomic E-state index is 13.8. The van der Waals surface area contributed by atoms with Crippen molar-refractivity contribution in [2.45, 2.75) is 53.8 Å². The van der Waals surface area contributed by atoms with Crippen LogP contribution in [-0.2, 0) is 17.8 Å². The monoisotopic (exact) mass is 484 g/mol. The van der Waals surface area contributed by atoms with Crippen molar-refractivity contribution in [3.63, 3.8) is 0 Å². The molecule has 8 heteroatoms. The van der Waals surface area contributed by atoms with Gasteiger partial charge in [-0.2, -0.15) is 0 Å². The average Bonchev–Trinajstić information content (AvgIpc) is 3.42. The first-order chi connectivity index (χ1) is 16.2. The lowest BCUT2D eigenvalue weighted by Crippen LogP contribution is -2.43. The molecule has 0 aliphatic rings. The molecule has 0 N–H and O–H groups in total. The highest BCUT2D eigenvalue weighted by Crippen LogP contribution is 2.27. The van der Waals surface area contributed by atoms with Crippen LogP contribution < -0.4 is 0 Å². The summed E-state index contributed by atoms with van der Waals surface area (Å²) < 4.78 is 12.5. The third-order valence-corrected chi connectivity index (χ3v) is 6.16. The van der Waals surface area contributed by atoms with Gasteiger partial charge in [0, 0.05) is 28.4 Å². The molecule has 2 aromatic heterocycles. The van der Waals surface area contributed by atoms with E-state index >= 15 is 0 Å². The lowest BCUT2D eigenvalue weighted by molar-refractivity contribution is 0.0512. The van der Waals surface area contributed by atoms with Crippen molar-refractivity contribution in [1.82, 2.24) is 9.47 Å². The van der Waals surface area contributed by atoms with Crippen LogP contribution >= 0.6 is 11.6 Å². The number of benzene rings is 1. The summed E-state index contributed by atoms with van der Waals surface area (Å²) in [6.07, 6.45) is 1.52. The van der Waals surface area contributed by atoms with Gasteiger partial charge in [0.15, 0.2) is 5.78 Å². The molecule has 0 saturated heterocycles. The molecular weight excluding hydrogens is 456 g/mol. The molecular formula is C26H29ClN2O5. The van der Waals surface area contributed by atoms with E-state index in [1.54, 1.807) is 68.7 Å². The maximum Gasteiger partial charge on any atom is 0.355 e. The molecule has 0 saturated carbocycles. The molecule has 0 bridgehead atoms. The van der Waals surface area contributed by atoms with Gasteiger partial charge in [-0.1, -0.05) is 11.6 Å². The van der Waals surface area contributed by atoms with Crippen molar-refractivity contribution in [2.24, 2.45) is 0 Å². The predicted octanol–water partition coefficient (Wildman–Crippen LogP) is 5.46. The van der Waals surface area contributed by atoms with Gasteiger partial charge < -0.3 is 18.6 Å². The number of ketones is 1. The number of hydrogen-bond donors (Lipinski definition) is 0. The van der Waals surface area contributed by atoms with E-state index in [1.165, 1.54) is 11.2 Å². The van der Waals surface area contributed by atoms with Crippen molar-refractivity contribution < 1.29 is 23.5 Å². The van der Waals surface area contributed by atoms with E-state index in [2.05, 4.69) is 0 Å². The van der Waals surface area contributed by atoms with Gasteiger partial charge >= 0.3 is 5.97 Å². The summed E-state index contributed by atoms with van der Waals surface area (Å²) in [6, 6.07) is 9.17. The van der Waals surface area contributed by atoms with E-state index in [0.717, 1.165) is 0 Å². The summed E-state index contributed by atoms with van der Waals surface area (Å²) in [5.74, 6) is -0.513. The second kappa shape index (κ2) is 10.7. The molecule has 0 aliphatic carbocycles. The first kappa shape index (κ1) is 25.3. The highest BCUT2D eigenvalue weighted by molar-refractivity contribution is 6.30. The molecule has 2 heterocycles. The van der Waals surface area contributed by atoms with E-state index in [-0.39, 0.29) is 24.8 Å². The molecule has 3 aromatic rings. The number of halogens is 1. The molecule has 1 aromatic carbocycles. The smallest absolute Gasteiger partial charge is 0.355 e. The van der Waals surface area contributed by atoms with Crippen molar-refractivity contribution >= 4 is 29.3 Å². The Bertz CT molecular complexity index is 1180. The van der Waals surface area contributed by atoms with Gasteiger partial charge in [-0.05, 0) is 76.6 Å². The summed E-state index contributed by atoms with van der Waals surface area (Å²) in [6.45, 7) is 9.72. The number of carbonyl (C=O) groups excluding carboxylic acids is 3. The number of aromatic nitrogens is 1. The molecule has 0 aliphatic heterocycles. The Hall–Kier alpha value is -3.32. The van der Waals surface area contributed by atoms with Gasteiger partial charge in [0.2, 0.25) is 0 Å². The fourth-order valence-electron chi connectivity index (χ4n) is 4.18. The number of furan rings is 1. The van der Waals surface area contributed by atoms with Crippen molar-refractivity contribution in [2.75, 3.05) is 6.61 Å². The predicted molar refractivity (Wildman–Crippen MR) is 129 cm³/mol. The summed E-state index contributed by atoms with van der Waals surface area (Å²) in [5.41, 5.74) is 2.40. The van der Waals surface area contributed by atoms with Gasteiger partial charge in [-0.25, -0.2) is 4.79 Å². The van der Waals surface area contributed by atoms with Crippen LogP contribution in [0.25, 0.3) is 0 Å². The van der Waals surface area contributed by atoms with Crippen LogP contribution in [0.3, 0.4) is 0 Å². The summed E-state index contributed by atoms with van der Waals surface area (Å²) >= 11 is 5.98. The molecule has 34 heavy (non-hydrogen) atoms. The second-order valence-corrected chi connectivity index (χ2v) is 8.39. The number of Topliss-reactive ketones (excluding diaryl/α,β-unsaturated/α-hetero) is 1. The van der Waals surface area contributed by atoms with Crippen molar-refractivity contribution in [1.29, 1.82) is 0 Å². The van der Waals surface area contributed by atoms with Gasteiger partial charge in [0.05, 0.1) is 25.5 Å². The van der Waals surface area contributed by atoms with Crippen LogP contribution in [0.4, 0.5) is 0 Å². The van der Waals surface area contributed by atoms with Crippen LogP contribution in [0.2, 0.25) is 5.02 Å². The van der Waals surface area contributed by atoms with Gasteiger partial charge in [-0.15, -0.1) is 0 Å². The second-order valence-electron chi connectivity index (χ2n) is 7.96. The van der Waals surface area contributed by atoms with Crippen LogP contribution in [0.15, 0.2) is 47.1 Å². The number of ether oxygens (including phenoxy) is 1. The van der Waals surface area contributed by atoms with Gasteiger partial charge in [0.1, 0.15) is 11.5 Å². The van der Waals surface area contributed by atoms with E-state index in [0.29, 0.717) is 45.4 Å². The Morgan fingerprint density at radius 2 is 1.79 bits per heavy atom. The molecule has 0 spiro atoms. The lowest BCUT2D eigenvalue weighted by Gasteiger charge is -2.28. The number of carbonyl (C=O) groups is 3. The Morgan fingerprint density at radius 3 is 2.35 bits per heavy atom. The molecule has 3 rings (SSSR count). The third-order valence-electron chi connectivity index (χ3n) is 5.90. The minimum atomic E-state index is -0.826. The van der Waals surface area contributed by atoms with Crippen molar-refractivity contribution in [3.05, 3.63) is 81.5 Å². The van der Waals surface area contributed by atoms with E-state index in [9.17, 15) is 14.4 Å². The minimum absolute atomic E-state index is 0.110. The maximum atomic E-state index is 13.8. The van der Waals surface area contributed by atoms with Crippen LogP contribution in [-0.4, -0.2) is 39.8 Å². The van der Waals surface area contributed by atoms with E-state index < -0.39 is 12.0 Å². The minimum Gasteiger partial charge on any atom is -0.467 e. The summed E-state index contributed by atoms with van der Waals surface area (Å²) in [4.78, 5) is 41.4. The first-order valence-electron chi connectivity index (χ1n) is 11.2. The molecule has 0 fully saturated rings. The standard InChI is InChI=1S/C26H29ClN2O5/c1-6-28-17(4)22(16(3)23(28)26(32)33-7-2)24(30)18(5)29(15-21-9-8-14-34-21)25(31)19-10-12-20(27)13-11-19/h8-14,18H,6-7,15H2,1-5H3/t18-/m1/s1. The molecule has 0 unspecified atom stereocenters. The van der Waals surface area contributed by atoms with E-state index in [1.807, 2.05) is 6.92 Å². The number of hydrogen-bond acceptors (Lipinski definition) is 5. The summed E-state index contributed by atoms with van der Waals surface area (Å²) in [5, 5.41) is 0.511. The first-order valence-corrected chi connectivity index (χ1v) is 11.6. The fraction of sp³-hybridized carbons (Fsp3) is 0.346. The largest absolute Gasteiger partial charge is 0.467 e. The molecule has 1 atom stereocenters. The zero-order valence-corrected chi connectivity index (χ0v) is 20.8. The highest BCUT2D eigenvalue weighted by Gasteiger charge is 2.33. The van der Waals surface area contributed by atoms with Crippen LogP contribution in [0, 0.1) is 13.8 Å². The number of esters is 1. The van der Waals surface area contributed by atoms with E-state index in [4.69, 9.17) is 20.8 Å². The van der Waals surface area contributed by atoms with Crippen LogP contribution in [0.5, 0.6) is 0 Å². The molecule has 180 valence electrons. The molecule has 1 amide bonds. The number of nitrogens with zero attached hydrogens (tertiary/aromatic N) is 2. The normalized spacial score (nSPS) is 11.8. The van der Waals surface area contributed by atoms with Crippen molar-refractivity contribution in [3.8, 4) is 0 Å². The Labute approximate surface area is 204 Å². The Kier molecular flexibility index (Phi) is 7.99. The van der Waals surface area contributed by atoms with Crippen LogP contribution in [0.1, 0.15) is 69.0 Å². The zero-order valence-electron chi connectivity index (χ0n) is 20.1. The van der Waals surface area contributed by atoms with Gasteiger partial charge in [-0.3, -0.25) is 9.59 Å². The Balaban J connectivity index is 2.03.